The van der Waals surface area contributed by atoms with E-state index in [0.717, 1.165) is 12.1 Å². The van der Waals surface area contributed by atoms with Gasteiger partial charge in [-0.2, -0.15) is 0 Å². The molecule has 0 amide bonds. The van der Waals surface area contributed by atoms with Gasteiger partial charge < -0.3 is 4.74 Å². The fraction of sp³-hybridized carbons (Fsp3) is 0. The van der Waals surface area contributed by atoms with Gasteiger partial charge in [-0.1, -0.05) is 22.0 Å². The molecule has 0 aliphatic heterocycles. The summed E-state index contributed by atoms with van der Waals surface area (Å²) in [5.41, 5.74) is -0.354. The molecule has 0 spiro atoms. The van der Waals surface area contributed by atoms with Crippen molar-refractivity contribution in [2.45, 2.75) is 0 Å². The number of ether oxygens (including phenoxy) is 1. The van der Waals surface area contributed by atoms with Crippen LogP contribution in [0.2, 0.25) is 0 Å². The summed E-state index contributed by atoms with van der Waals surface area (Å²) in [4.78, 5) is 21.0. The van der Waals surface area contributed by atoms with Gasteiger partial charge in [-0.05, 0) is 24.3 Å². The SMILES string of the molecule is O=Cc1ccc(Br)cc1Oc1c(F)cccc1[N+](=O)[O-]. The van der Waals surface area contributed by atoms with Crippen LogP contribution in [0.25, 0.3) is 0 Å². The Morgan fingerprint density at radius 2 is 2.05 bits per heavy atom. The Hall–Kier alpha value is -2.28. The van der Waals surface area contributed by atoms with Gasteiger partial charge in [0.2, 0.25) is 5.75 Å². The highest BCUT2D eigenvalue weighted by Crippen LogP contribution is 2.35. The minimum absolute atomic E-state index is 0.0302. The first-order valence-corrected chi connectivity index (χ1v) is 6.17. The molecule has 0 saturated heterocycles. The van der Waals surface area contributed by atoms with Gasteiger partial charge in [0.15, 0.2) is 12.1 Å². The molecule has 0 aromatic heterocycles. The lowest BCUT2D eigenvalue weighted by Gasteiger charge is -2.09. The summed E-state index contributed by atoms with van der Waals surface area (Å²) in [6, 6.07) is 7.87. The van der Waals surface area contributed by atoms with Gasteiger partial charge in [-0.3, -0.25) is 14.9 Å². The van der Waals surface area contributed by atoms with Crippen molar-refractivity contribution in [3.8, 4) is 11.5 Å². The number of aldehydes is 1. The second-order valence-corrected chi connectivity index (χ2v) is 4.66. The third-order valence-corrected chi connectivity index (χ3v) is 2.95. The van der Waals surface area contributed by atoms with Crippen molar-refractivity contribution in [1.29, 1.82) is 0 Å². The molecule has 0 aliphatic rings. The Morgan fingerprint density at radius 1 is 1.30 bits per heavy atom. The molecule has 0 radical (unpaired) electrons. The molecule has 0 heterocycles. The number of nitro groups is 1. The number of para-hydroxylation sites is 1. The van der Waals surface area contributed by atoms with E-state index < -0.39 is 22.2 Å². The van der Waals surface area contributed by atoms with E-state index in [4.69, 9.17) is 4.74 Å². The van der Waals surface area contributed by atoms with E-state index >= 15 is 0 Å². The van der Waals surface area contributed by atoms with Gasteiger partial charge in [0.05, 0.1) is 10.5 Å². The number of nitrogens with zero attached hydrogens (tertiary/aromatic N) is 1. The van der Waals surface area contributed by atoms with E-state index in [1.54, 1.807) is 6.07 Å². The predicted molar refractivity (Wildman–Crippen MR) is 72.7 cm³/mol. The van der Waals surface area contributed by atoms with E-state index in [0.29, 0.717) is 10.8 Å². The zero-order valence-electron chi connectivity index (χ0n) is 9.88. The molecule has 0 saturated carbocycles. The molecule has 0 N–H and O–H groups in total. The van der Waals surface area contributed by atoms with Gasteiger partial charge in [0, 0.05) is 10.5 Å². The molecular weight excluding hydrogens is 333 g/mol. The lowest BCUT2D eigenvalue weighted by Crippen LogP contribution is -1.98. The number of rotatable bonds is 4. The average molecular weight is 340 g/mol. The Morgan fingerprint density at radius 3 is 2.70 bits per heavy atom. The highest BCUT2D eigenvalue weighted by molar-refractivity contribution is 9.10. The number of hydrogen-bond donors (Lipinski definition) is 0. The summed E-state index contributed by atoms with van der Waals surface area (Å²) >= 11 is 3.18. The third-order valence-electron chi connectivity index (χ3n) is 2.46. The van der Waals surface area contributed by atoms with E-state index in [-0.39, 0.29) is 11.3 Å². The van der Waals surface area contributed by atoms with Crippen LogP contribution in [0.5, 0.6) is 11.5 Å². The van der Waals surface area contributed by atoms with Crippen LogP contribution in [-0.2, 0) is 0 Å². The van der Waals surface area contributed by atoms with Crippen molar-refractivity contribution in [2.75, 3.05) is 0 Å². The summed E-state index contributed by atoms with van der Waals surface area (Å²) in [7, 11) is 0. The van der Waals surface area contributed by atoms with Crippen molar-refractivity contribution in [1.82, 2.24) is 0 Å². The Labute approximate surface area is 121 Å². The second-order valence-electron chi connectivity index (χ2n) is 3.75. The quantitative estimate of drug-likeness (QED) is 0.477. The lowest BCUT2D eigenvalue weighted by atomic mass is 10.2. The molecule has 0 atom stereocenters. The molecule has 0 bridgehead atoms. The highest BCUT2D eigenvalue weighted by Gasteiger charge is 2.21. The highest BCUT2D eigenvalue weighted by atomic mass is 79.9. The Balaban J connectivity index is 2.52. The summed E-state index contributed by atoms with van der Waals surface area (Å²) in [5, 5.41) is 10.9. The summed E-state index contributed by atoms with van der Waals surface area (Å²) in [6.45, 7) is 0. The standard InChI is InChI=1S/C13H7BrFNO4/c14-9-5-4-8(7-17)12(6-9)20-13-10(15)2-1-3-11(13)16(18)19/h1-7H. The van der Waals surface area contributed by atoms with Crippen LogP contribution in [0.1, 0.15) is 10.4 Å². The maximum Gasteiger partial charge on any atom is 0.314 e. The molecule has 2 rings (SSSR count). The molecule has 5 nitrogen and oxygen atoms in total. The molecule has 0 fully saturated rings. The van der Waals surface area contributed by atoms with E-state index in [1.807, 2.05) is 0 Å². The van der Waals surface area contributed by atoms with Gasteiger partial charge in [0.1, 0.15) is 5.75 Å². The van der Waals surface area contributed by atoms with Gasteiger partial charge in [-0.15, -0.1) is 0 Å². The number of benzene rings is 2. The summed E-state index contributed by atoms with van der Waals surface area (Å²) in [6.07, 6.45) is 0.522. The fourth-order valence-corrected chi connectivity index (χ4v) is 1.89. The topological polar surface area (TPSA) is 69.4 Å². The molecule has 0 unspecified atom stereocenters. The number of hydrogen-bond acceptors (Lipinski definition) is 4. The van der Waals surface area contributed by atoms with Crippen LogP contribution in [-0.4, -0.2) is 11.2 Å². The van der Waals surface area contributed by atoms with Crippen LogP contribution in [0.15, 0.2) is 40.9 Å². The zero-order valence-corrected chi connectivity index (χ0v) is 11.5. The summed E-state index contributed by atoms with van der Waals surface area (Å²) < 4.78 is 19.5. The maximum atomic E-state index is 13.7. The van der Waals surface area contributed by atoms with Crippen molar-refractivity contribution in [2.24, 2.45) is 0 Å². The number of nitro benzene ring substituents is 1. The normalized spacial score (nSPS) is 10.1. The van der Waals surface area contributed by atoms with Crippen molar-refractivity contribution >= 4 is 27.9 Å². The monoisotopic (exact) mass is 339 g/mol. The van der Waals surface area contributed by atoms with Crippen LogP contribution in [0.4, 0.5) is 10.1 Å². The van der Waals surface area contributed by atoms with E-state index in [1.165, 1.54) is 18.2 Å². The Bertz CT molecular complexity index is 690. The largest absolute Gasteiger partial charge is 0.446 e. The van der Waals surface area contributed by atoms with Gasteiger partial charge in [0.25, 0.3) is 0 Å². The van der Waals surface area contributed by atoms with E-state index in [2.05, 4.69) is 15.9 Å². The minimum atomic E-state index is -0.879. The number of carbonyl (C=O) groups excluding carboxylic acids is 1. The van der Waals surface area contributed by atoms with Gasteiger partial charge in [-0.25, -0.2) is 4.39 Å². The van der Waals surface area contributed by atoms with Crippen molar-refractivity contribution in [3.63, 3.8) is 0 Å². The molecule has 102 valence electrons. The lowest BCUT2D eigenvalue weighted by molar-refractivity contribution is -0.385. The first kappa shape index (κ1) is 14.1. The minimum Gasteiger partial charge on any atom is -0.446 e. The van der Waals surface area contributed by atoms with Crippen LogP contribution < -0.4 is 4.74 Å². The van der Waals surface area contributed by atoms with Crippen LogP contribution >= 0.6 is 15.9 Å². The number of carbonyl (C=O) groups is 1. The average Bonchev–Trinajstić information content (AvgIpc) is 2.41. The van der Waals surface area contributed by atoms with Crippen molar-refractivity contribution < 1.29 is 18.8 Å². The first-order valence-electron chi connectivity index (χ1n) is 5.38. The first-order chi connectivity index (χ1) is 9.52. The molecule has 2 aromatic rings. The van der Waals surface area contributed by atoms with E-state index in [9.17, 15) is 19.3 Å². The predicted octanol–water partition coefficient (Wildman–Crippen LogP) is 4.10. The van der Waals surface area contributed by atoms with Crippen molar-refractivity contribution in [3.05, 3.63) is 62.4 Å². The molecule has 7 heteroatoms. The van der Waals surface area contributed by atoms with Gasteiger partial charge >= 0.3 is 5.69 Å². The van der Waals surface area contributed by atoms with Crippen LogP contribution in [0, 0.1) is 15.9 Å². The number of halogens is 2. The van der Waals surface area contributed by atoms with Crippen LogP contribution in [0.3, 0.4) is 0 Å². The molecule has 20 heavy (non-hydrogen) atoms. The molecule has 0 aliphatic carbocycles. The maximum absolute atomic E-state index is 13.7. The fourth-order valence-electron chi connectivity index (χ4n) is 1.55. The second kappa shape index (κ2) is 5.79. The Kier molecular flexibility index (Phi) is 4.09. The molecule has 2 aromatic carbocycles. The zero-order chi connectivity index (χ0) is 14.7. The third kappa shape index (κ3) is 2.83. The molecular formula is C13H7BrFNO4. The summed E-state index contributed by atoms with van der Waals surface area (Å²) in [5.74, 6) is -1.38. The smallest absolute Gasteiger partial charge is 0.314 e.